The summed E-state index contributed by atoms with van der Waals surface area (Å²) in [5, 5.41) is 9.40. The van der Waals surface area contributed by atoms with Gasteiger partial charge in [-0.1, -0.05) is 23.7 Å². The molecule has 0 aromatic heterocycles. The van der Waals surface area contributed by atoms with Gasteiger partial charge in [0, 0.05) is 25.9 Å². The van der Waals surface area contributed by atoms with Crippen LogP contribution in [-0.4, -0.2) is 29.8 Å². The van der Waals surface area contributed by atoms with E-state index < -0.39 is 11.6 Å². The highest BCUT2D eigenvalue weighted by molar-refractivity contribution is 6.33. The molecule has 0 spiro atoms. The van der Waals surface area contributed by atoms with Crippen LogP contribution in [0.25, 0.3) is 0 Å². The number of anilines is 1. The topological polar surface area (TPSA) is 40.5 Å². The van der Waals surface area contributed by atoms with Crippen molar-refractivity contribution in [3.05, 3.63) is 29.3 Å². The second kappa shape index (κ2) is 4.53. The molecule has 2 rings (SSSR count). The molecule has 1 saturated heterocycles. The maximum atomic E-state index is 13.8. The molecule has 1 heterocycles. The van der Waals surface area contributed by atoms with E-state index in [1.807, 2.05) is 23.1 Å². The lowest BCUT2D eigenvalue weighted by molar-refractivity contribution is -0.152. The summed E-state index contributed by atoms with van der Waals surface area (Å²) in [6, 6.07) is 7.31. The third-order valence-electron chi connectivity index (χ3n) is 3.13. The average molecular weight is 258 g/mol. The quantitative estimate of drug-likeness (QED) is 0.886. The summed E-state index contributed by atoms with van der Waals surface area (Å²) in [5.41, 5.74) is -1.25. The van der Waals surface area contributed by atoms with Crippen LogP contribution in [-0.2, 0) is 4.79 Å². The van der Waals surface area contributed by atoms with Gasteiger partial charge in [-0.3, -0.25) is 0 Å². The first-order chi connectivity index (χ1) is 8.03. The zero-order valence-corrected chi connectivity index (χ0v) is 9.95. The average Bonchev–Trinajstić information content (AvgIpc) is 2.31. The molecule has 1 fully saturated rings. The molecule has 0 atom stereocenters. The number of carbonyl (C=O) groups is 1. The van der Waals surface area contributed by atoms with Crippen molar-refractivity contribution in [1.82, 2.24) is 0 Å². The second-order valence-corrected chi connectivity index (χ2v) is 4.62. The number of carboxylic acid groups (broad SMARTS) is 1. The Morgan fingerprint density at radius 1 is 1.35 bits per heavy atom. The molecule has 1 aliphatic rings. The fourth-order valence-electron chi connectivity index (χ4n) is 2.02. The number of halogens is 2. The van der Waals surface area contributed by atoms with Crippen molar-refractivity contribution in [2.24, 2.45) is 0 Å². The largest absolute Gasteiger partial charge is 0.479 e. The SMILES string of the molecule is O=C(O)C1(F)CCN(c2ccccc2Cl)CC1. The zero-order chi connectivity index (χ0) is 12.5. The second-order valence-electron chi connectivity index (χ2n) is 4.21. The lowest BCUT2D eigenvalue weighted by Crippen LogP contribution is -2.46. The van der Waals surface area contributed by atoms with Crippen LogP contribution in [0.15, 0.2) is 24.3 Å². The van der Waals surface area contributed by atoms with Crippen LogP contribution in [0, 0.1) is 0 Å². The van der Waals surface area contributed by atoms with Crippen LogP contribution < -0.4 is 4.90 Å². The summed E-state index contributed by atoms with van der Waals surface area (Å²) in [6.45, 7) is 0.735. The fourth-order valence-corrected chi connectivity index (χ4v) is 2.28. The molecule has 0 bridgehead atoms. The number of hydrogen-bond donors (Lipinski definition) is 1. The van der Waals surface area contributed by atoms with Crippen molar-refractivity contribution in [1.29, 1.82) is 0 Å². The van der Waals surface area contributed by atoms with Gasteiger partial charge in [-0.25, -0.2) is 9.18 Å². The number of hydrogen-bond acceptors (Lipinski definition) is 2. The molecular weight excluding hydrogens is 245 g/mol. The van der Waals surface area contributed by atoms with Gasteiger partial charge < -0.3 is 10.0 Å². The van der Waals surface area contributed by atoms with Gasteiger partial charge in [0.1, 0.15) is 0 Å². The van der Waals surface area contributed by atoms with Crippen LogP contribution in [0.5, 0.6) is 0 Å². The molecule has 1 N–H and O–H groups in total. The Morgan fingerprint density at radius 2 is 1.94 bits per heavy atom. The minimum absolute atomic E-state index is 0.00639. The molecular formula is C12H13ClFNO2. The van der Waals surface area contributed by atoms with E-state index in [2.05, 4.69) is 0 Å². The number of piperidine rings is 1. The van der Waals surface area contributed by atoms with E-state index in [-0.39, 0.29) is 12.8 Å². The van der Waals surface area contributed by atoms with Crippen LogP contribution in [0.3, 0.4) is 0 Å². The van der Waals surface area contributed by atoms with Crippen molar-refractivity contribution in [2.45, 2.75) is 18.5 Å². The van der Waals surface area contributed by atoms with Crippen LogP contribution in [0.2, 0.25) is 5.02 Å². The molecule has 0 amide bonds. The Kier molecular flexibility index (Phi) is 3.24. The van der Waals surface area contributed by atoms with Crippen molar-refractivity contribution in [3.8, 4) is 0 Å². The zero-order valence-electron chi connectivity index (χ0n) is 9.20. The lowest BCUT2D eigenvalue weighted by Gasteiger charge is -2.35. The van der Waals surface area contributed by atoms with Gasteiger partial charge in [0.25, 0.3) is 0 Å². The summed E-state index contributed by atoms with van der Waals surface area (Å²) < 4.78 is 13.8. The predicted molar refractivity (Wildman–Crippen MR) is 64.4 cm³/mol. The Morgan fingerprint density at radius 3 is 2.47 bits per heavy atom. The number of nitrogens with zero attached hydrogens (tertiary/aromatic N) is 1. The standard InChI is InChI=1S/C12H13ClFNO2/c13-9-3-1-2-4-10(9)15-7-5-12(14,6-8-15)11(16)17/h1-4H,5-8H2,(H,16,17). The highest BCUT2D eigenvalue weighted by atomic mass is 35.5. The first-order valence-electron chi connectivity index (χ1n) is 5.45. The van der Waals surface area contributed by atoms with Gasteiger partial charge in [0.05, 0.1) is 10.7 Å². The minimum Gasteiger partial charge on any atom is -0.479 e. The Hall–Kier alpha value is -1.29. The highest BCUT2D eigenvalue weighted by Gasteiger charge is 2.42. The molecule has 1 aliphatic heterocycles. The first kappa shape index (κ1) is 12.2. The molecule has 5 heteroatoms. The monoisotopic (exact) mass is 257 g/mol. The number of rotatable bonds is 2. The van der Waals surface area contributed by atoms with Gasteiger partial charge in [0.15, 0.2) is 0 Å². The van der Waals surface area contributed by atoms with Gasteiger partial charge in [0.2, 0.25) is 5.67 Å². The highest BCUT2D eigenvalue weighted by Crippen LogP contribution is 2.32. The van der Waals surface area contributed by atoms with E-state index in [0.29, 0.717) is 18.1 Å². The number of aliphatic carboxylic acids is 1. The minimum atomic E-state index is -2.09. The van der Waals surface area contributed by atoms with Crippen LogP contribution >= 0.6 is 11.6 Å². The predicted octanol–water partition coefficient (Wildman–Crippen LogP) is 2.73. The fraction of sp³-hybridized carbons (Fsp3) is 0.417. The van der Waals surface area contributed by atoms with Crippen molar-refractivity contribution in [2.75, 3.05) is 18.0 Å². The molecule has 0 saturated carbocycles. The van der Waals surface area contributed by atoms with E-state index in [1.165, 1.54) is 0 Å². The molecule has 0 radical (unpaired) electrons. The smallest absolute Gasteiger partial charge is 0.341 e. The van der Waals surface area contributed by atoms with Gasteiger partial charge in [-0.05, 0) is 12.1 Å². The molecule has 1 aromatic carbocycles. The Balaban J connectivity index is 2.10. The maximum absolute atomic E-state index is 13.8. The Labute approximate surface area is 104 Å². The summed E-state index contributed by atoms with van der Waals surface area (Å²) in [6.07, 6.45) is -0.0128. The van der Waals surface area contributed by atoms with E-state index in [0.717, 1.165) is 5.69 Å². The Bertz CT molecular complexity index is 430. The number of benzene rings is 1. The summed E-state index contributed by atoms with van der Waals surface area (Å²) >= 11 is 6.04. The summed E-state index contributed by atoms with van der Waals surface area (Å²) in [4.78, 5) is 12.7. The maximum Gasteiger partial charge on any atom is 0.341 e. The van der Waals surface area contributed by atoms with Crippen molar-refractivity contribution >= 4 is 23.3 Å². The molecule has 3 nitrogen and oxygen atoms in total. The molecule has 92 valence electrons. The summed E-state index contributed by atoms with van der Waals surface area (Å²) in [5.74, 6) is -1.36. The van der Waals surface area contributed by atoms with E-state index in [4.69, 9.17) is 16.7 Å². The normalized spacial score (nSPS) is 19.1. The van der Waals surface area contributed by atoms with E-state index in [1.54, 1.807) is 6.07 Å². The van der Waals surface area contributed by atoms with Gasteiger partial charge >= 0.3 is 5.97 Å². The molecule has 17 heavy (non-hydrogen) atoms. The van der Waals surface area contributed by atoms with Crippen LogP contribution in [0.1, 0.15) is 12.8 Å². The third-order valence-corrected chi connectivity index (χ3v) is 3.45. The number of carboxylic acids is 1. The summed E-state index contributed by atoms with van der Waals surface area (Å²) in [7, 11) is 0. The molecule has 0 unspecified atom stereocenters. The molecule has 1 aromatic rings. The lowest BCUT2D eigenvalue weighted by atomic mass is 9.93. The first-order valence-corrected chi connectivity index (χ1v) is 5.82. The van der Waals surface area contributed by atoms with Gasteiger partial charge in [-0.2, -0.15) is 0 Å². The van der Waals surface area contributed by atoms with E-state index >= 15 is 0 Å². The van der Waals surface area contributed by atoms with E-state index in [9.17, 15) is 9.18 Å². The van der Waals surface area contributed by atoms with Crippen molar-refractivity contribution < 1.29 is 14.3 Å². The van der Waals surface area contributed by atoms with Crippen LogP contribution in [0.4, 0.5) is 10.1 Å². The third kappa shape index (κ3) is 2.36. The number of alkyl halides is 1. The van der Waals surface area contributed by atoms with Crippen molar-refractivity contribution in [3.63, 3.8) is 0 Å². The number of para-hydroxylation sites is 1. The molecule has 0 aliphatic carbocycles. The van der Waals surface area contributed by atoms with Gasteiger partial charge in [-0.15, -0.1) is 0 Å².